The van der Waals surface area contributed by atoms with Gasteiger partial charge in [-0.25, -0.2) is 0 Å². The van der Waals surface area contributed by atoms with Crippen LogP contribution in [0.25, 0.3) is 10.8 Å². The van der Waals surface area contributed by atoms with Gasteiger partial charge in [-0.15, -0.1) is 0 Å². The van der Waals surface area contributed by atoms with Gasteiger partial charge in [-0.05, 0) is 53.2 Å². The molecule has 0 saturated heterocycles. The van der Waals surface area contributed by atoms with Crippen LogP contribution in [0.3, 0.4) is 0 Å². The van der Waals surface area contributed by atoms with E-state index in [0.717, 1.165) is 16.3 Å². The lowest BCUT2D eigenvalue weighted by Crippen LogP contribution is -2.34. The molecule has 0 bridgehead atoms. The number of aromatic carboxylic acids is 1. The van der Waals surface area contributed by atoms with E-state index in [1.165, 1.54) is 12.1 Å². The van der Waals surface area contributed by atoms with Gasteiger partial charge in [-0.2, -0.15) is 0 Å². The molecule has 0 atom stereocenters. The molecule has 0 fully saturated rings. The summed E-state index contributed by atoms with van der Waals surface area (Å²) >= 11 is 5.20. The lowest BCUT2D eigenvalue weighted by atomic mass is 10.0. The van der Waals surface area contributed by atoms with Crippen molar-refractivity contribution in [2.45, 2.75) is 6.92 Å². The minimum absolute atomic E-state index is 0.0290. The van der Waals surface area contributed by atoms with Crippen molar-refractivity contribution in [3.8, 4) is 0 Å². The molecule has 0 spiro atoms. The number of fused-ring (bicyclic) bond motifs is 1. The quantitative estimate of drug-likeness (QED) is 0.699. The highest BCUT2D eigenvalue weighted by Gasteiger charge is 2.12. The molecule has 26 heavy (non-hydrogen) atoms. The van der Waals surface area contributed by atoms with Gasteiger partial charge < -0.3 is 15.2 Å². The first-order chi connectivity index (χ1) is 12.5. The minimum atomic E-state index is -1.28. The molecule has 130 valence electrons. The van der Waals surface area contributed by atoms with Gasteiger partial charge in [0.2, 0.25) is 0 Å². The summed E-state index contributed by atoms with van der Waals surface area (Å²) < 4.78 is 0. The molecule has 0 aliphatic heterocycles. The van der Waals surface area contributed by atoms with E-state index in [-0.39, 0.29) is 16.6 Å². The maximum Gasteiger partial charge on any atom is 0.258 e. The number of thiocarbonyl (C=S) groups is 1. The zero-order chi connectivity index (χ0) is 18.7. The fourth-order valence-electron chi connectivity index (χ4n) is 2.63. The number of hydrogen-bond acceptors (Lipinski definition) is 4. The summed E-state index contributed by atoms with van der Waals surface area (Å²) in [7, 11) is 0. The lowest BCUT2D eigenvalue weighted by molar-refractivity contribution is -0.255. The number of carboxylic acid groups (broad SMARTS) is 1. The Balaban J connectivity index is 1.79. The van der Waals surface area contributed by atoms with Crippen LogP contribution in [0.5, 0.6) is 0 Å². The molecule has 0 unspecified atom stereocenters. The second kappa shape index (κ2) is 7.33. The van der Waals surface area contributed by atoms with Crippen LogP contribution in [0.15, 0.2) is 60.7 Å². The highest BCUT2D eigenvalue weighted by molar-refractivity contribution is 7.80. The van der Waals surface area contributed by atoms with Gasteiger partial charge in [-0.1, -0.05) is 48.5 Å². The number of carbonyl (C=O) groups excluding carboxylic acids is 2. The molecule has 0 aliphatic rings. The Kier molecular flexibility index (Phi) is 4.95. The summed E-state index contributed by atoms with van der Waals surface area (Å²) in [4.78, 5) is 23.6. The Bertz CT molecular complexity index is 1030. The Morgan fingerprint density at radius 2 is 1.73 bits per heavy atom. The predicted octanol–water partition coefficient (Wildman–Crippen LogP) is 2.64. The van der Waals surface area contributed by atoms with Gasteiger partial charge >= 0.3 is 0 Å². The number of benzene rings is 3. The van der Waals surface area contributed by atoms with Crippen LogP contribution in [-0.2, 0) is 0 Å². The third-order valence-electron chi connectivity index (χ3n) is 3.98. The molecule has 1 amide bonds. The van der Waals surface area contributed by atoms with Crippen molar-refractivity contribution in [1.29, 1.82) is 0 Å². The minimum Gasteiger partial charge on any atom is -0.545 e. The first-order valence-corrected chi connectivity index (χ1v) is 8.28. The van der Waals surface area contributed by atoms with Crippen molar-refractivity contribution in [2.75, 3.05) is 5.32 Å². The molecule has 2 N–H and O–H groups in total. The second-order valence-electron chi connectivity index (χ2n) is 5.75. The van der Waals surface area contributed by atoms with Crippen LogP contribution in [0.4, 0.5) is 5.69 Å². The average molecular weight is 363 g/mol. The fraction of sp³-hybridized carbons (Fsp3) is 0.0500. The van der Waals surface area contributed by atoms with Crippen molar-refractivity contribution in [3.05, 3.63) is 77.4 Å². The molecule has 0 heterocycles. The van der Waals surface area contributed by atoms with Crippen molar-refractivity contribution in [2.24, 2.45) is 0 Å². The number of anilines is 1. The molecule has 3 aromatic rings. The lowest BCUT2D eigenvalue weighted by Gasteiger charge is -2.14. The Morgan fingerprint density at radius 3 is 2.50 bits per heavy atom. The summed E-state index contributed by atoms with van der Waals surface area (Å²) in [5.41, 5.74) is 1.82. The van der Waals surface area contributed by atoms with Gasteiger partial charge in [0, 0.05) is 11.3 Å². The van der Waals surface area contributed by atoms with Crippen molar-refractivity contribution < 1.29 is 14.7 Å². The predicted molar refractivity (Wildman–Crippen MR) is 103 cm³/mol. The van der Waals surface area contributed by atoms with Crippen LogP contribution in [0, 0.1) is 6.92 Å². The van der Waals surface area contributed by atoms with E-state index in [2.05, 4.69) is 10.6 Å². The van der Waals surface area contributed by atoms with Crippen LogP contribution in [0.1, 0.15) is 26.3 Å². The first kappa shape index (κ1) is 17.6. The van der Waals surface area contributed by atoms with Crippen LogP contribution in [0.2, 0.25) is 0 Å². The fourth-order valence-corrected chi connectivity index (χ4v) is 2.83. The van der Waals surface area contributed by atoms with E-state index >= 15 is 0 Å². The van der Waals surface area contributed by atoms with Crippen molar-refractivity contribution in [3.63, 3.8) is 0 Å². The van der Waals surface area contributed by atoms with Gasteiger partial charge in [0.1, 0.15) is 0 Å². The largest absolute Gasteiger partial charge is 0.545 e. The molecule has 0 radical (unpaired) electrons. The number of carbonyl (C=O) groups is 2. The molecule has 0 aromatic heterocycles. The van der Waals surface area contributed by atoms with Crippen molar-refractivity contribution in [1.82, 2.24) is 5.32 Å². The number of nitrogens with one attached hydrogen (secondary N) is 2. The van der Waals surface area contributed by atoms with E-state index in [1.807, 2.05) is 30.3 Å². The van der Waals surface area contributed by atoms with Gasteiger partial charge in [0.05, 0.1) is 5.97 Å². The summed E-state index contributed by atoms with van der Waals surface area (Å²) in [6.07, 6.45) is 0. The molecule has 3 aromatic carbocycles. The van der Waals surface area contributed by atoms with Gasteiger partial charge in [0.25, 0.3) is 5.91 Å². The number of carboxylic acids is 1. The molecular weight excluding hydrogens is 348 g/mol. The summed E-state index contributed by atoms with van der Waals surface area (Å²) in [6, 6.07) is 17.5. The standard InChI is InChI=1S/C20H16N2O3S/c1-12-9-10-14(19(24)25)11-17(12)21-20(26)22-18(23)16-8-4-6-13-5-2-3-7-15(13)16/h2-11H,1H3,(H,24,25)(H2,21,22,23,26)/p-1. The summed E-state index contributed by atoms with van der Waals surface area (Å²) in [5.74, 6) is -1.62. The normalized spacial score (nSPS) is 10.3. The molecule has 3 rings (SSSR count). The maximum atomic E-state index is 12.6. The van der Waals surface area contributed by atoms with E-state index in [4.69, 9.17) is 12.2 Å². The SMILES string of the molecule is Cc1ccc(C(=O)[O-])cc1NC(=S)NC(=O)c1cccc2ccccc12. The van der Waals surface area contributed by atoms with Gasteiger partial charge in [0.15, 0.2) is 5.11 Å². The number of aryl methyl sites for hydroxylation is 1. The topological polar surface area (TPSA) is 81.3 Å². The molecule has 0 aliphatic carbocycles. The Hall–Kier alpha value is -3.25. The zero-order valence-corrected chi connectivity index (χ0v) is 14.7. The summed E-state index contributed by atoms with van der Waals surface area (Å²) in [5, 5.41) is 18.4. The van der Waals surface area contributed by atoms with E-state index < -0.39 is 5.97 Å². The van der Waals surface area contributed by atoms with Crippen molar-refractivity contribution >= 4 is 45.7 Å². The molecular formula is C20H15N2O3S-. The summed E-state index contributed by atoms with van der Waals surface area (Å²) in [6.45, 7) is 1.80. The number of amides is 1. The van der Waals surface area contributed by atoms with Gasteiger partial charge in [-0.3, -0.25) is 10.1 Å². The smallest absolute Gasteiger partial charge is 0.258 e. The third-order valence-corrected chi connectivity index (χ3v) is 4.19. The van der Waals surface area contributed by atoms with E-state index in [1.54, 1.807) is 25.1 Å². The van der Waals surface area contributed by atoms with E-state index in [0.29, 0.717) is 11.3 Å². The second-order valence-corrected chi connectivity index (χ2v) is 6.16. The number of hydrogen-bond donors (Lipinski definition) is 2. The monoisotopic (exact) mass is 363 g/mol. The first-order valence-electron chi connectivity index (χ1n) is 7.88. The van der Waals surface area contributed by atoms with Crippen LogP contribution < -0.4 is 15.7 Å². The maximum absolute atomic E-state index is 12.6. The van der Waals surface area contributed by atoms with E-state index in [9.17, 15) is 14.7 Å². The van der Waals surface area contributed by atoms with Crippen LogP contribution in [-0.4, -0.2) is 17.0 Å². The highest BCUT2D eigenvalue weighted by atomic mass is 32.1. The molecule has 0 saturated carbocycles. The number of rotatable bonds is 3. The highest BCUT2D eigenvalue weighted by Crippen LogP contribution is 2.19. The average Bonchev–Trinajstić information content (AvgIpc) is 2.62. The Labute approximate surface area is 155 Å². The molecule has 5 nitrogen and oxygen atoms in total. The zero-order valence-electron chi connectivity index (χ0n) is 13.9. The molecule has 6 heteroatoms. The third kappa shape index (κ3) is 3.70. The Morgan fingerprint density at radius 1 is 1.00 bits per heavy atom. The van der Waals surface area contributed by atoms with Crippen LogP contribution >= 0.6 is 12.2 Å².